The van der Waals surface area contributed by atoms with E-state index in [-0.39, 0.29) is 30.4 Å². The van der Waals surface area contributed by atoms with E-state index in [0.717, 1.165) is 24.3 Å². The van der Waals surface area contributed by atoms with Crippen LogP contribution in [0.2, 0.25) is 0 Å². The van der Waals surface area contributed by atoms with E-state index in [2.05, 4.69) is 10.1 Å². The van der Waals surface area contributed by atoms with E-state index in [1.807, 2.05) is 0 Å². The SMILES string of the molecule is COC(=O)/C=C1/SCC(=O)N1CCCOC(=O)CNC(=O)c1ccc(C(F)(F)F)cc1. The molecule has 12 heteroatoms. The van der Waals surface area contributed by atoms with E-state index >= 15 is 0 Å². The Morgan fingerprint density at radius 2 is 1.90 bits per heavy atom. The van der Waals surface area contributed by atoms with Crippen molar-refractivity contribution in [1.29, 1.82) is 0 Å². The fraction of sp³-hybridized carbons (Fsp3) is 0.368. The third kappa shape index (κ3) is 7.31. The Morgan fingerprint density at radius 1 is 1.23 bits per heavy atom. The number of nitrogens with one attached hydrogen (secondary N) is 1. The lowest BCUT2D eigenvalue weighted by atomic mass is 10.1. The third-order valence-electron chi connectivity index (χ3n) is 4.01. The van der Waals surface area contributed by atoms with Gasteiger partial charge in [-0.05, 0) is 30.7 Å². The molecule has 168 valence electrons. The van der Waals surface area contributed by atoms with Gasteiger partial charge in [0.25, 0.3) is 5.91 Å². The van der Waals surface area contributed by atoms with Crippen LogP contribution in [0.4, 0.5) is 13.2 Å². The highest BCUT2D eigenvalue weighted by atomic mass is 32.2. The summed E-state index contributed by atoms with van der Waals surface area (Å²) in [7, 11) is 1.22. The second-order valence-electron chi connectivity index (χ2n) is 6.17. The first kappa shape index (κ1) is 24.3. The van der Waals surface area contributed by atoms with Crippen molar-refractivity contribution in [1.82, 2.24) is 10.2 Å². The van der Waals surface area contributed by atoms with Crippen LogP contribution in [0.15, 0.2) is 35.4 Å². The van der Waals surface area contributed by atoms with Crippen molar-refractivity contribution in [3.63, 3.8) is 0 Å². The Hall–Kier alpha value is -3.02. The number of carbonyl (C=O) groups excluding carboxylic acids is 4. The van der Waals surface area contributed by atoms with Crippen LogP contribution in [-0.4, -0.2) is 61.2 Å². The monoisotopic (exact) mass is 460 g/mol. The second-order valence-corrected chi connectivity index (χ2v) is 7.17. The Kier molecular flexibility index (Phi) is 8.48. The molecule has 2 rings (SSSR count). The minimum atomic E-state index is -4.51. The number of ether oxygens (including phenoxy) is 2. The van der Waals surface area contributed by atoms with Gasteiger partial charge in [-0.15, -0.1) is 0 Å². The summed E-state index contributed by atoms with van der Waals surface area (Å²) < 4.78 is 47.1. The molecule has 2 amide bonds. The zero-order valence-electron chi connectivity index (χ0n) is 16.4. The van der Waals surface area contributed by atoms with E-state index in [4.69, 9.17) is 4.74 Å². The van der Waals surface area contributed by atoms with E-state index in [1.165, 1.54) is 29.8 Å². The summed E-state index contributed by atoms with van der Waals surface area (Å²) in [5, 5.41) is 2.71. The first-order valence-corrected chi connectivity index (χ1v) is 9.94. The average Bonchev–Trinajstić information content (AvgIpc) is 3.07. The van der Waals surface area contributed by atoms with E-state index in [9.17, 15) is 32.3 Å². The first-order chi connectivity index (χ1) is 14.6. The molecule has 0 radical (unpaired) electrons. The highest BCUT2D eigenvalue weighted by Crippen LogP contribution is 2.29. The number of alkyl halides is 3. The normalized spacial score (nSPS) is 15.2. The number of thioether (sulfide) groups is 1. The van der Waals surface area contributed by atoms with Gasteiger partial charge in [-0.25, -0.2) is 4.79 Å². The number of hydrogen-bond acceptors (Lipinski definition) is 7. The molecule has 1 aliphatic rings. The van der Waals surface area contributed by atoms with Crippen molar-refractivity contribution in [3.8, 4) is 0 Å². The summed E-state index contributed by atoms with van der Waals surface area (Å²) >= 11 is 1.20. The third-order valence-corrected chi connectivity index (χ3v) is 5.04. The Labute approximate surface area is 179 Å². The molecule has 0 aliphatic carbocycles. The van der Waals surface area contributed by atoms with Gasteiger partial charge in [-0.1, -0.05) is 11.8 Å². The summed E-state index contributed by atoms with van der Waals surface area (Å²) in [6.07, 6.45) is -3.01. The maximum absolute atomic E-state index is 12.5. The lowest BCUT2D eigenvalue weighted by molar-refractivity contribution is -0.142. The molecule has 1 fully saturated rings. The van der Waals surface area contributed by atoms with Crippen molar-refractivity contribution in [2.75, 3.05) is 32.6 Å². The van der Waals surface area contributed by atoms with Crippen LogP contribution in [0.3, 0.4) is 0 Å². The van der Waals surface area contributed by atoms with Gasteiger partial charge < -0.3 is 19.7 Å². The maximum atomic E-state index is 12.5. The van der Waals surface area contributed by atoms with E-state index in [1.54, 1.807) is 0 Å². The molecule has 0 spiro atoms. The summed E-state index contributed by atoms with van der Waals surface area (Å²) in [6, 6.07) is 3.56. The molecule has 0 aromatic heterocycles. The van der Waals surface area contributed by atoms with Crippen LogP contribution in [0.25, 0.3) is 0 Å². The number of rotatable bonds is 8. The standard InChI is InChI=1S/C19H19F3N2O6S/c1-29-16(26)9-15-24(14(25)11-31-15)7-2-8-30-17(27)10-23-18(28)12-3-5-13(6-4-12)19(20,21)22/h3-6,9H,2,7-8,10-11H2,1H3,(H,23,28)/b15-9+. The zero-order chi connectivity index (χ0) is 23.0. The van der Waals surface area contributed by atoms with Crippen LogP contribution >= 0.6 is 11.8 Å². The molecule has 0 saturated carbocycles. The molecule has 1 saturated heterocycles. The number of amides is 2. The summed E-state index contributed by atoms with van der Waals surface area (Å²) in [6.45, 7) is -0.277. The van der Waals surface area contributed by atoms with Crippen molar-refractivity contribution in [3.05, 3.63) is 46.5 Å². The van der Waals surface area contributed by atoms with Crippen LogP contribution in [-0.2, 0) is 30.0 Å². The highest BCUT2D eigenvalue weighted by molar-refractivity contribution is 8.04. The molecule has 1 aromatic rings. The van der Waals surface area contributed by atoms with E-state index in [0.29, 0.717) is 11.4 Å². The van der Waals surface area contributed by atoms with Crippen molar-refractivity contribution in [2.24, 2.45) is 0 Å². The number of esters is 2. The minimum absolute atomic E-state index is 0.0317. The predicted octanol–water partition coefficient (Wildman–Crippen LogP) is 1.96. The summed E-state index contributed by atoms with van der Waals surface area (Å²) in [5.41, 5.74) is -0.918. The smallest absolute Gasteiger partial charge is 0.416 e. The molecule has 1 heterocycles. The van der Waals surface area contributed by atoms with Crippen LogP contribution in [0.5, 0.6) is 0 Å². The number of hydrogen-bond donors (Lipinski definition) is 1. The topological polar surface area (TPSA) is 102 Å². The van der Waals surface area contributed by atoms with Crippen molar-refractivity contribution in [2.45, 2.75) is 12.6 Å². The zero-order valence-corrected chi connectivity index (χ0v) is 17.2. The molecular formula is C19H19F3N2O6S. The molecule has 8 nitrogen and oxygen atoms in total. The van der Waals surface area contributed by atoms with Gasteiger partial charge in [-0.2, -0.15) is 13.2 Å². The lowest BCUT2D eigenvalue weighted by Crippen LogP contribution is -2.31. The van der Waals surface area contributed by atoms with Crippen molar-refractivity contribution >= 4 is 35.5 Å². The number of benzene rings is 1. The average molecular weight is 460 g/mol. The fourth-order valence-corrected chi connectivity index (χ4v) is 3.41. The number of halogens is 3. The Bertz CT molecular complexity index is 870. The van der Waals surface area contributed by atoms with Gasteiger partial charge in [0.2, 0.25) is 5.91 Å². The van der Waals surface area contributed by atoms with Crippen LogP contribution in [0, 0.1) is 0 Å². The number of nitrogens with zero attached hydrogens (tertiary/aromatic N) is 1. The summed E-state index contributed by atoms with van der Waals surface area (Å²) in [5.74, 6) is -2.04. The maximum Gasteiger partial charge on any atom is 0.416 e. The molecule has 31 heavy (non-hydrogen) atoms. The molecular weight excluding hydrogens is 441 g/mol. The van der Waals surface area contributed by atoms with E-state index < -0.39 is 36.1 Å². The molecule has 0 unspecified atom stereocenters. The number of carbonyl (C=O) groups is 4. The lowest BCUT2D eigenvalue weighted by Gasteiger charge is -2.16. The largest absolute Gasteiger partial charge is 0.466 e. The van der Waals surface area contributed by atoms with Crippen LogP contribution < -0.4 is 5.32 Å². The number of methoxy groups -OCH3 is 1. The molecule has 1 aliphatic heterocycles. The first-order valence-electron chi connectivity index (χ1n) is 8.95. The Morgan fingerprint density at radius 3 is 2.52 bits per heavy atom. The highest BCUT2D eigenvalue weighted by Gasteiger charge is 2.30. The Balaban J connectivity index is 1.72. The molecule has 0 bridgehead atoms. The summed E-state index contributed by atoms with van der Waals surface area (Å²) in [4.78, 5) is 48.2. The van der Waals surface area contributed by atoms with Gasteiger partial charge >= 0.3 is 18.1 Å². The molecule has 0 atom stereocenters. The van der Waals surface area contributed by atoms with Crippen LogP contribution in [0.1, 0.15) is 22.3 Å². The quantitative estimate of drug-likeness (QED) is 0.360. The minimum Gasteiger partial charge on any atom is -0.466 e. The van der Waals surface area contributed by atoms with Gasteiger partial charge in [0.15, 0.2) is 0 Å². The second kappa shape index (κ2) is 10.8. The van der Waals surface area contributed by atoms with Gasteiger partial charge in [0, 0.05) is 12.1 Å². The molecule has 1 aromatic carbocycles. The van der Waals surface area contributed by atoms with Gasteiger partial charge in [0.05, 0.1) is 36.1 Å². The van der Waals surface area contributed by atoms with Gasteiger partial charge in [0.1, 0.15) is 6.54 Å². The fourth-order valence-electron chi connectivity index (χ4n) is 2.45. The predicted molar refractivity (Wildman–Crippen MR) is 104 cm³/mol. The van der Waals surface area contributed by atoms with Crippen molar-refractivity contribution < 1.29 is 41.8 Å². The van der Waals surface area contributed by atoms with Gasteiger partial charge in [-0.3, -0.25) is 14.4 Å². The molecule has 1 N–H and O–H groups in total.